The van der Waals surface area contributed by atoms with Crippen molar-refractivity contribution in [2.75, 3.05) is 32.8 Å². The van der Waals surface area contributed by atoms with Gasteiger partial charge in [-0.2, -0.15) is 0 Å². The molecule has 1 aliphatic heterocycles. The predicted octanol–water partition coefficient (Wildman–Crippen LogP) is 4.89. The maximum absolute atomic E-state index is 13.4. The topological polar surface area (TPSA) is 152 Å². The van der Waals surface area contributed by atoms with Crippen LogP contribution in [0.2, 0.25) is 0 Å². The Hall–Kier alpha value is -4.74. The second kappa shape index (κ2) is 15.2. The molecule has 10 nitrogen and oxygen atoms in total. The average Bonchev–Trinajstić information content (AvgIpc) is 3.08. The first-order chi connectivity index (χ1) is 22.7. The predicted molar refractivity (Wildman–Crippen MR) is 175 cm³/mol. The first-order valence-electron chi connectivity index (χ1n) is 15.9. The van der Waals surface area contributed by atoms with Crippen LogP contribution in [-0.2, 0) is 10.2 Å². The molecule has 0 spiro atoms. The summed E-state index contributed by atoms with van der Waals surface area (Å²) in [6.07, 6.45) is 3.48. The normalized spacial score (nSPS) is 15.0. The number of nitrogens with one attached hydrogen (secondary N) is 2. The Morgan fingerprint density at radius 2 is 1.64 bits per heavy atom. The zero-order valence-electron chi connectivity index (χ0n) is 26.1. The lowest BCUT2D eigenvalue weighted by atomic mass is 9.72. The molecule has 248 valence electrons. The van der Waals surface area contributed by atoms with Crippen LogP contribution in [0.4, 0.5) is 4.39 Å². The van der Waals surface area contributed by atoms with Gasteiger partial charge in [-0.1, -0.05) is 31.0 Å². The number of hydrogen-bond acceptors (Lipinski definition) is 7. The van der Waals surface area contributed by atoms with Crippen molar-refractivity contribution in [1.82, 2.24) is 15.2 Å². The molecule has 4 aromatic rings. The number of carbonyl (C=O) groups excluding carboxylic acids is 1. The van der Waals surface area contributed by atoms with E-state index >= 15 is 0 Å². The van der Waals surface area contributed by atoms with Crippen LogP contribution < -0.4 is 15.6 Å². The van der Waals surface area contributed by atoms with Crippen molar-refractivity contribution >= 4 is 22.8 Å². The quantitative estimate of drug-likeness (QED) is 0.122. The number of pyridine rings is 1. The number of phenolic OH excluding ortho intramolecular Hbond substituents is 1. The first kappa shape index (κ1) is 33.6. The van der Waals surface area contributed by atoms with Crippen LogP contribution in [0.1, 0.15) is 66.1 Å². The molecule has 2 heterocycles. The van der Waals surface area contributed by atoms with Gasteiger partial charge in [-0.25, -0.2) is 4.39 Å². The summed E-state index contributed by atoms with van der Waals surface area (Å²) in [7, 11) is 0. The maximum atomic E-state index is 13.4. The summed E-state index contributed by atoms with van der Waals surface area (Å²) in [5, 5.41) is 34.5. The summed E-state index contributed by atoms with van der Waals surface area (Å²) in [4.78, 5) is 41.2. The van der Waals surface area contributed by atoms with Gasteiger partial charge >= 0.3 is 5.97 Å². The van der Waals surface area contributed by atoms with E-state index < -0.39 is 23.3 Å². The number of halogens is 1. The van der Waals surface area contributed by atoms with E-state index in [2.05, 4.69) is 10.3 Å². The maximum Gasteiger partial charge on any atom is 0.314 e. The number of rotatable bonds is 14. The molecule has 5 N–H and O–H groups in total. The van der Waals surface area contributed by atoms with Crippen molar-refractivity contribution in [2.24, 2.45) is 0 Å². The molecule has 1 aromatic heterocycles. The summed E-state index contributed by atoms with van der Waals surface area (Å²) in [6.45, 7) is 2.20. The number of amides is 1. The largest absolute Gasteiger partial charge is 0.506 e. The molecule has 1 atom stereocenters. The van der Waals surface area contributed by atoms with Gasteiger partial charge in [0.2, 0.25) is 5.56 Å². The number of aromatic amines is 1. The highest BCUT2D eigenvalue weighted by Crippen LogP contribution is 2.36. The molecule has 0 saturated carbocycles. The minimum Gasteiger partial charge on any atom is -0.506 e. The van der Waals surface area contributed by atoms with Crippen LogP contribution in [-0.4, -0.2) is 69.9 Å². The molecule has 0 bridgehead atoms. The molecule has 47 heavy (non-hydrogen) atoms. The van der Waals surface area contributed by atoms with Crippen molar-refractivity contribution in [2.45, 2.75) is 50.0 Å². The van der Waals surface area contributed by atoms with Gasteiger partial charge in [0, 0.05) is 36.7 Å². The molecule has 3 aromatic carbocycles. The third-order valence-electron chi connectivity index (χ3n) is 8.93. The van der Waals surface area contributed by atoms with Crippen LogP contribution in [0.3, 0.4) is 0 Å². The number of aromatic hydroxyl groups is 1. The number of carbonyl (C=O) groups is 2. The number of phenols is 1. The number of nitrogens with zero attached hydrogens (tertiary/aromatic N) is 1. The Bertz CT molecular complexity index is 1730. The van der Waals surface area contributed by atoms with E-state index in [-0.39, 0.29) is 43.1 Å². The summed E-state index contributed by atoms with van der Waals surface area (Å²) < 4.78 is 19.3. The van der Waals surface area contributed by atoms with Gasteiger partial charge < -0.3 is 35.3 Å². The number of likely N-dealkylation sites (tertiary alicyclic amines) is 1. The third-order valence-corrected chi connectivity index (χ3v) is 8.93. The smallest absolute Gasteiger partial charge is 0.314 e. The fourth-order valence-electron chi connectivity index (χ4n) is 6.16. The highest BCUT2D eigenvalue weighted by atomic mass is 19.1. The van der Waals surface area contributed by atoms with Gasteiger partial charge in [0.05, 0.1) is 23.6 Å². The second-order valence-electron chi connectivity index (χ2n) is 12.0. The fraction of sp³-hybridized carbons (Fsp3) is 0.361. The molecule has 1 fully saturated rings. The summed E-state index contributed by atoms with van der Waals surface area (Å²) >= 11 is 0. The minimum atomic E-state index is -1.14. The monoisotopic (exact) mass is 645 g/mol. The van der Waals surface area contributed by atoms with Gasteiger partial charge in [0.25, 0.3) is 5.91 Å². The van der Waals surface area contributed by atoms with E-state index in [1.807, 2.05) is 0 Å². The minimum absolute atomic E-state index is 0.0385. The molecule has 0 radical (unpaired) electrons. The molecule has 1 amide bonds. The molecular weight excluding hydrogens is 605 g/mol. The van der Waals surface area contributed by atoms with Gasteiger partial charge in [0.1, 0.15) is 17.3 Å². The SMILES string of the molecule is O=C(c1ccc(OCCCCCCNC[C@H](O)c2ccc(O)c3[nH]c(=O)ccc23)cc1)N1CCC(C(=O)O)(c2ccc(F)cc2)CC1. The molecule has 0 aliphatic carbocycles. The number of aromatic nitrogens is 1. The molecule has 5 rings (SSSR count). The fourth-order valence-corrected chi connectivity index (χ4v) is 6.16. The molecular formula is C36H40FN3O7. The van der Waals surface area contributed by atoms with E-state index in [1.54, 1.807) is 41.3 Å². The van der Waals surface area contributed by atoms with Crippen LogP contribution >= 0.6 is 0 Å². The molecule has 11 heteroatoms. The Morgan fingerprint density at radius 1 is 0.936 bits per heavy atom. The number of unbranched alkanes of at least 4 members (excludes halogenated alkanes) is 3. The van der Waals surface area contributed by atoms with Crippen molar-refractivity contribution in [1.29, 1.82) is 0 Å². The lowest BCUT2D eigenvalue weighted by Crippen LogP contribution is -2.49. The van der Waals surface area contributed by atoms with Gasteiger partial charge in [-0.15, -0.1) is 0 Å². The van der Waals surface area contributed by atoms with E-state index in [9.17, 15) is 34.1 Å². The van der Waals surface area contributed by atoms with Crippen molar-refractivity contribution in [3.8, 4) is 11.5 Å². The third kappa shape index (κ3) is 7.98. The number of ether oxygens (including phenoxy) is 1. The summed E-state index contributed by atoms with van der Waals surface area (Å²) in [5.41, 5.74) is 0.541. The lowest BCUT2D eigenvalue weighted by molar-refractivity contribution is -0.145. The second-order valence-corrected chi connectivity index (χ2v) is 12.0. The number of benzene rings is 3. The van der Waals surface area contributed by atoms with Gasteiger partial charge in [0.15, 0.2) is 0 Å². The van der Waals surface area contributed by atoms with Gasteiger partial charge in [-0.3, -0.25) is 14.4 Å². The molecule has 1 saturated heterocycles. The lowest BCUT2D eigenvalue weighted by Gasteiger charge is -2.39. The van der Waals surface area contributed by atoms with E-state index in [1.165, 1.54) is 36.4 Å². The van der Waals surface area contributed by atoms with Crippen molar-refractivity contribution < 1.29 is 34.0 Å². The van der Waals surface area contributed by atoms with E-state index in [0.29, 0.717) is 46.5 Å². The van der Waals surface area contributed by atoms with E-state index in [4.69, 9.17) is 4.74 Å². The zero-order valence-corrected chi connectivity index (χ0v) is 26.1. The van der Waals surface area contributed by atoms with Crippen LogP contribution in [0.25, 0.3) is 10.9 Å². The number of aliphatic hydroxyl groups excluding tert-OH is 1. The number of carboxylic acid groups (broad SMARTS) is 1. The Morgan fingerprint density at radius 3 is 2.34 bits per heavy atom. The van der Waals surface area contributed by atoms with Crippen molar-refractivity contribution in [3.63, 3.8) is 0 Å². The highest BCUT2D eigenvalue weighted by molar-refractivity contribution is 5.94. The number of fused-ring (bicyclic) bond motifs is 1. The summed E-state index contributed by atoms with van der Waals surface area (Å²) in [6, 6.07) is 18.6. The number of piperidine rings is 1. The summed E-state index contributed by atoms with van der Waals surface area (Å²) in [5.74, 6) is -0.919. The average molecular weight is 646 g/mol. The number of carboxylic acids is 1. The van der Waals surface area contributed by atoms with Crippen molar-refractivity contribution in [3.05, 3.63) is 106 Å². The Balaban J connectivity index is 0.977. The number of aliphatic carboxylic acids is 1. The molecule has 1 aliphatic rings. The standard InChI is InChI=1S/C36H40FN3O7/c37-26-9-7-25(8-10-26)36(35(45)46)17-20-40(21-18-36)34(44)24-5-11-27(12-6-24)47-22-4-2-1-3-19-38-23-31(42)28-13-15-30(41)33-29(28)14-16-32(43)39-33/h5-16,31,38,41-42H,1-4,17-23H2,(H,39,43)(H,45,46)/t31-/m0/s1. The number of aliphatic hydroxyl groups is 1. The highest BCUT2D eigenvalue weighted by Gasteiger charge is 2.44. The number of hydrogen-bond donors (Lipinski definition) is 5. The van der Waals surface area contributed by atoms with Crippen LogP contribution in [0, 0.1) is 5.82 Å². The van der Waals surface area contributed by atoms with Crippen LogP contribution in [0.15, 0.2) is 77.6 Å². The Labute approximate surface area is 271 Å². The van der Waals surface area contributed by atoms with Crippen LogP contribution in [0.5, 0.6) is 11.5 Å². The Kier molecular flexibility index (Phi) is 10.9. The zero-order chi connectivity index (χ0) is 33.4. The van der Waals surface area contributed by atoms with Gasteiger partial charge in [-0.05, 0) is 91.9 Å². The number of H-pyrrole nitrogens is 1. The molecule has 0 unspecified atom stereocenters. The first-order valence-corrected chi connectivity index (χ1v) is 15.9. The van der Waals surface area contributed by atoms with E-state index in [0.717, 1.165) is 32.2 Å².